The third kappa shape index (κ3) is 4.79. The number of rotatable bonds is 6. The van der Waals surface area contributed by atoms with Crippen LogP contribution in [0.15, 0.2) is 24.3 Å². The van der Waals surface area contributed by atoms with Crippen LogP contribution in [0.5, 0.6) is 0 Å². The van der Waals surface area contributed by atoms with E-state index in [2.05, 4.69) is 5.32 Å². The maximum Gasteiger partial charge on any atom is 0.340 e. The van der Waals surface area contributed by atoms with E-state index in [-0.39, 0.29) is 12.2 Å². The number of hydrogen-bond acceptors (Lipinski definition) is 6. The van der Waals surface area contributed by atoms with Crippen LogP contribution in [0.3, 0.4) is 0 Å². The second-order valence-corrected chi connectivity index (χ2v) is 4.92. The standard InChI is InChI=1S/C16H19NO6/c1-2-21-15(19)11-6-3-4-7-12(11)17-14(18)10-23-16(20)13-8-5-9-22-13/h3-4,6-7,13H,2,5,8-10H2,1H3,(H,17,18)/t13-/m0/s1. The molecule has 1 saturated heterocycles. The summed E-state index contributed by atoms with van der Waals surface area (Å²) in [5.41, 5.74) is 0.553. The molecular weight excluding hydrogens is 302 g/mol. The van der Waals surface area contributed by atoms with Gasteiger partial charge in [-0.15, -0.1) is 0 Å². The molecule has 0 radical (unpaired) electrons. The van der Waals surface area contributed by atoms with Crippen molar-refractivity contribution >= 4 is 23.5 Å². The molecule has 1 aliphatic heterocycles. The molecule has 1 N–H and O–H groups in total. The van der Waals surface area contributed by atoms with Crippen LogP contribution in [0.4, 0.5) is 5.69 Å². The van der Waals surface area contributed by atoms with E-state index >= 15 is 0 Å². The van der Waals surface area contributed by atoms with Crippen molar-refractivity contribution in [2.24, 2.45) is 0 Å². The van der Waals surface area contributed by atoms with Crippen LogP contribution in [0.1, 0.15) is 30.1 Å². The molecule has 23 heavy (non-hydrogen) atoms. The molecule has 2 rings (SSSR count). The summed E-state index contributed by atoms with van der Waals surface area (Å²) < 4.78 is 15.0. The van der Waals surface area contributed by atoms with Gasteiger partial charge < -0.3 is 19.5 Å². The molecule has 0 unspecified atom stereocenters. The molecule has 0 saturated carbocycles. The molecule has 0 aliphatic carbocycles. The van der Waals surface area contributed by atoms with Gasteiger partial charge in [-0.1, -0.05) is 12.1 Å². The van der Waals surface area contributed by atoms with Crippen molar-refractivity contribution in [3.05, 3.63) is 29.8 Å². The van der Waals surface area contributed by atoms with Gasteiger partial charge in [0.05, 0.1) is 17.9 Å². The summed E-state index contributed by atoms with van der Waals surface area (Å²) in [5.74, 6) is -1.61. The van der Waals surface area contributed by atoms with Crippen molar-refractivity contribution in [3.63, 3.8) is 0 Å². The maximum absolute atomic E-state index is 11.9. The number of hydrogen-bond donors (Lipinski definition) is 1. The monoisotopic (exact) mass is 321 g/mol. The van der Waals surface area contributed by atoms with Gasteiger partial charge in [-0.05, 0) is 31.9 Å². The molecule has 0 aromatic heterocycles. The third-order valence-corrected chi connectivity index (χ3v) is 3.23. The number of nitrogens with one attached hydrogen (secondary N) is 1. The molecule has 0 bridgehead atoms. The van der Waals surface area contributed by atoms with E-state index in [1.807, 2.05) is 0 Å². The van der Waals surface area contributed by atoms with Crippen molar-refractivity contribution in [2.45, 2.75) is 25.9 Å². The molecular formula is C16H19NO6. The molecule has 124 valence electrons. The van der Waals surface area contributed by atoms with Crippen LogP contribution < -0.4 is 5.32 Å². The molecule has 7 nitrogen and oxygen atoms in total. The van der Waals surface area contributed by atoms with Gasteiger partial charge in [-0.3, -0.25) is 4.79 Å². The number of amides is 1. The number of esters is 2. The summed E-state index contributed by atoms with van der Waals surface area (Å²) in [6.07, 6.45) is 0.819. The van der Waals surface area contributed by atoms with Crippen LogP contribution >= 0.6 is 0 Å². The molecule has 1 fully saturated rings. The predicted octanol–water partition coefficient (Wildman–Crippen LogP) is 1.52. The lowest BCUT2D eigenvalue weighted by atomic mass is 10.2. The Bertz CT molecular complexity index is 580. The van der Waals surface area contributed by atoms with Gasteiger partial charge in [0.1, 0.15) is 0 Å². The number of para-hydroxylation sites is 1. The van der Waals surface area contributed by atoms with Gasteiger partial charge >= 0.3 is 11.9 Å². The summed E-state index contributed by atoms with van der Waals surface area (Å²) in [7, 11) is 0. The van der Waals surface area contributed by atoms with E-state index in [4.69, 9.17) is 14.2 Å². The average Bonchev–Trinajstić information content (AvgIpc) is 3.08. The van der Waals surface area contributed by atoms with Crippen molar-refractivity contribution in [1.29, 1.82) is 0 Å². The van der Waals surface area contributed by atoms with E-state index in [0.29, 0.717) is 18.7 Å². The smallest absolute Gasteiger partial charge is 0.340 e. The molecule has 1 aromatic rings. The molecule has 1 heterocycles. The number of benzene rings is 1. The second kappa shape index (κ2) is 8.28. The Morgan fingerprint density at radius 2 is 2.04 bits per heavy atom. The van der Waals surface area contributed by atoms with E-state index in [9.17, 15) is 14.4 Å². The summed E-state index contributed by atoms with van der Waals surface area (Å²) in [4.78, 5) is 35.4. The third-order valence-electron chi connectivity index (χ3n) is 3.23. The van der Waals surface area contributed by atoms with Crippen molar-refractivity contribution in [3.8, 4) is 0 Å². The van der Waals surface area contributed by atoms with Crippen LogP contribution in [-0.4, -0.2) is 43.8 Å². The lowest BCUT2D eigenvalue weighted by molar-refractivity contribution is -0.156. The van der Waals surface area contributed by atoms with Crippen LogP contribution in [0.2, 0.25) is 0 Å². The zero-order valence-corrected chi connectivity index (χ0v) is 12.9. The Labute approximate surface area is 133 Å². The normalized spacial score (nSPS) is 16.7. The fourth-order valence-corrected chi connectivity index (χ4v) is 2.16. The largest absolute Gasteiger partial charge is 0.462 e. The molecule has 7 heteroatoms. The number of carbonyl (C=O) groups is 3. The van der Waals surface area contributed by atoms with E-state index in [0.717, 1.165) is 6.42 Å². The topological polar surface area (TPSA) is 90.9 Å². The number of ether oxygens (including phenoxy) is 3. The lowest BCUT2D eigenvalue weighted by Crippen LogP contribution is -2.27. The summed E-state index contributed by atoms with van der Waals surface area (Å²) in [6.45, 7) is 2.03. The van der Waals surface area contributed by atoms with Crippen LogP contribution in [0, 0.1) is 0 Å². The summed E-state index contributed by atoms with van der Waals surface area (Å²) >= 11 is 0. The summed E-state index contributed by atoms with van der Waals surface area (Å²) in [5, 5.41) is 2.54. The quantitative estimate of drug-likeness (QED) is 0.799. The van der Waals surface area contributed by atoms with Gasteiger partial charge in [-0.25, -0.2) is 9.59 Å². The number of anilines is 1. The Balaban J connectivity index is 1.90. The van der Waals surface area contributed by atoms with E-state index in [1.54, 1.807) is 31.2 Å². The minimum Gasteiger partial charge on any atom is -0.462 e. The fourth-order valence-electron chi connectivity index (χ4n) is 2.16. The van der Waals surface area contributed by atoms with Gasteiger partial charge in [0, 0.05) is 6.61 Å². The molecule has 1 atom stereocenters. The molecule has 1 aliphatic rings. The Kier molecular flexibility index (Phi) is 6.10. The van der Waals surface area contributed by atoms with Gasteiger partial charge in [-0.2, -0.15) is 0 Å². The van der Waals surface area contributed by atoms with Crippen LogP contribution in [0.25, 0.3) is 0 Å². The Morgan fingerprint density at radius 1 is 1.26 bits per heavy atom. The molecule has 1 aromatic carbocycles. The first-order chi connectivity index (χ1) is 11.1. The highest BCUT2D eigenvalue weighted by Gasteiger charge is 2.25. The van der Waals surface area contributed by atoms with Crippen molar-refractivity contribution < 1.29 is 28.6 Å². The van der Waals surface area contributed by atoms with E-state index in [1.165, 1.54) is 0 Å². The average molecular weight is 321 g/mol. The minimum absolute atomic E-state index is 0.236. The predicted molar refractivity (Wildman–Crippen MR) is 81.0 cm³/mol. The SMILES string of the molecule is CCOC(=O)c1ccccc1NC(=O)COC(=O)[C@@H]1CCCO1. The Morgan fingerprint density at radius 3 is 2.74 bits per heavy atom. The Hall–Kier alpha value is -2.41. The maximum atomic E-state index is 11.9. The lowest BCUT2D eigenvalue weighted by Gasteiger charge is -2.12. The first-order valence-corrected chi connectivity index (χ1v) is 7.46. The van der Waals surface area contributed by atoms with E-state index < -0.39 is 30.6 Å². The highest BCUT2D eigenvalue weighted by atomic mass is 16.6. The number of carbonyl (C=O) groups excluding carboxylic acids is 3. The summed E-state index contributed by atoms with van der Waals surface area (Å²) in [6, 6.07) is 6.47. The van der Waals surface area contributed by atoms with Crippen LogP contribution in [-0.2, 0) is 23.8 Å². The first kappa shape index (κ1) is 17.0. The first-order valence-electron chi connectivity index (χ1n) is 7.46. The molecule has 0 spiro atoms. The minimum atomic E-state index is -0.588. The van der Waals surface area contributed by atoms with Gasteiger partial charge in [0.25, 0.3) is 5.91 Å². The zero-order chi connectivity index (χ0) is 16.7. The second-order valence-electron chi connectivity index (χ2n) is 4.92. The highest BCUT2D eigenvalue weighted by molar-refractivity contribution is 6.01. The zero-order valence-electron chi connectivity index (χ0n) is 12.9. The fraction of sp³-hybridized carbons (Fsp3) is 0.438. The van der Waals surface area contributed by atoms with Crippen molar-refractivity contribution in [2.75, 3.05) is 25.1 Å². The molecule has 1 amide bonds. The van der Waals surface area contributed by atoms with Crippen molar-refractivity contribution in [1.82, 2.24) is 0 Å². The van der Waals surface area contributed by atoms with Gasteiger partial charge in [0.2, 0.25) is 0 Å². The van der Waals surface area contributed by atoms with Gasteiger partial charge in [0.15, 0.2) is 12.7 Å². The highest BCUT2D eigenvalue weighted by Crippen LogP contribution is 2.16.